The largest absolute Gasteiger partial charge is 0.294 e. The van der Waals surface area contributed by atoms with Gasteiger partial charge in [0.25, 0.3) is 0 Å². The first-order valence-electron chi connectivity index (χ1n) is 6.20. The molecule has 0 amide bonds. The molecule has 1 aliphatic heterocycles. The fourth-order valence-electron chi connectivity index (χ4n) is 2.35. The van der Waals surface area contributed by atoms with E-state index in [1.54, 1.807) is 11.8 Å². The van der Waals surface area contributed by atoms with Crippen molar-refractivity contribution in [3.05, 3.63) is 59.2 Å². The number of rotatable bonds is 2. The molecule has 0 N–H and O–H groups in total. The van der Waals surface area contributed by atoms with Gasteiger partial charge in [0.1, 0.15) is 0 Å². The van der Waals surface area contributed by atoms with Gasteiger partial charge in [-0.05, 0) is 23.3 Å². The predicted octanol–water partition coefficient (Wildman–Crippen LogP) is 4.33. The van der Waals surface area contributed by atoms with Crippen LogP contribution in [0.5, 0.6) is 0 Å². The van der Waals surface area contributed by atoms with Crippen molar-refractivity contribution in [3.63, 3.8) is 0 Å². The number of hydrogen-bond donors (Lipinski definition) is 0. The van der Waals surface area contributed by atoms with E-state index in [1.165, 1.54) is 20.9 Å². The van der Waals surface area contributed by atoms with E-state index in [1.807, 2.05) is 19.1 Å². The lowest BCUT2D eigenvalue weighted by atomic mass is 9.96. The summed E-state index contributed by atoms with van der Waals surface area (Å²) in [4.78, 5) is 14.5. The number of Topliss-reactive ketones (excluding diaryl/α,β-unsaturated/α-hetero) is 1. The molecule has 1 nitrogen and oxygen atoms in total. The molecular formula is C16H14OS. The third-order valence-corrected chi connectivity index (χ3v) is 4.53. The van der Waals surface area contributed by atoms with Crippen molar-refractivity contribution >= 4 is 17.5 Å². The van der Waals surface area contributed by atoms with Crippen LogP contribution in [0.2, 0.25) is 0 Å². The second-order valence-electron chi connectivity index (χ2n) is 4.45. The van der Waals surface area contributed by atoms with Gasteiger partial charge in [-0.15, -0.1) is 0 Å². The Morgan fingerprint density at radius 2 is 1.89 bits per heavy atom. The first-order valence-corrected chi connectivity index (χ1v) is 7.02. The van der Waals surface area contributed by atoms with Crippen LogP contribution in [0.3, 0.4) is 0 Å². The molecule has 2 heteroatoms. The zero-order chi connectivity index (χ0) is 12.5. The molecule has 1 heterocycles. The molecule has 0 saturated carbocycles. The molecule has 0 fully saturated rings. The minimum atomic E-state index is 0.242. The van der Waals surface area contributed by atoms with Gasteiger partial charge in [-0.3, -0.25) is 4.79 Å². The third kappa shape index (κ3) is 1.87. The number of carbonyl (C=O) groups is 1. The van der Waals surface area contributed by atoms with E-state index in [-0.39, 0.29) is 5.78 Å². The molecule has 0 aliphatic carbocycles. The van der Waals surface area contributed by atoms with Crippen LogP contribution in [0.4, 0.5) is 0 Å². The molecule has 18 heavy (non-hydrogen) atoms. The highest BCUT2D eigenvalue weighted by molar-refractivity contribution is 7.99. The van der Waals surface area contributed by atoms with Crippen LogP contribution in [0.25, 0.3) is 0 Å². The minimum absolute atomic E-state index is 0.242. The predicted molar refractivity (Wildman–Crippen MR) is 74.4 cm³/mol. The Morgan fingerprint density at radius 3 is 2.72 bits per heavy atom. The van der Waals surface area contributed by atoms with E-state index in [0.29, 0.717) is 6.42 Å². The molecule has 0 aromatic heterocycles. The summed E-state index contributed by atoms with van der Waals surface area (Å²) < 4.78 is 0. The smallest absolute Gasteiger partial charge is 0.162 e. The van der Waals surface area contributed by atoms with Gasteiger partial charge in [0.15, 0.2) is 5.78 Å². The first kappa shape index (κ1) is 11.5. The quantitative estimate of drug-likeness (QED) is 0.633. The summed E-state index contributed by atoms with van der Waals surface area (Å²) in [6.07, 6.45) is 1.45. The maximum atomic E-state index is 12.0. The van der Waals surface area contributed by atoms with Gasteiger partial charge in [-0.25, -0.2) is 0 Å². The highest BCUT2D eigenvalue weighted by atomic mass is 32.2. The van der Waals surface area contributed by atoms with Gasteiger partial charge >= 0.3 is 0 Å². The second kappa shape index (κ2) is 4.62. The Balaban J connectivity index is 2.10. The molecule has 0 radical (unpaired) electrons. The molecule has 3 rings (SSSR count). The summed E-state index contributed by atoms with van der Waals surface area (Å²) in [5.74, 6) is 0.242. The maximum absolute atomic E-state index is 12.0. The van der Waals surface area contributed by atoms with E-state index in [9.17, 15) is 4.79 Å². The van der Waals surface area contributed by atoms with Crippen molar-refractivity contribution in [1.29, 1.82) is 0 Å². The lowest BCUT2D eigenvalue weighted by Crippen LogP contribution is -2.07. The third-order valence-electron chi connectivity index (χ3n) is 3.31. The lowest BCUT2D eigenvalue weighted by Gasteiger charge is -2.20. The summed E-state index contributed by atoms with van der Waals surface area (Å²) >= 11 is 1.77. The molecule has 0 unspecified atom stereocenters. The topological polar surface area (TPSA) is 17.1 Å². The van der Waals surface area contributed by atoms with Gasteiger partial charge in [-0.1, -0.05) is 49.0 Å². The van der Waals surface area contributed by atoms with Gasteiger partial charge in [0.2, 0.25) is 0 Å². The van der Waals surface area contributed by atoms with Crippen molar-refractivity contribution in [3.8, 4) is 0 Å². The molecule has 0 spiro atoms. The molecular weight excluding hydrogens is 240 g/mol. The molecule has 2 aromatic carbocycles. The zero-order valence-electron chi connectivity index (χ0n) is 10.3. The summed E-state index contributed by atoms with van der Waals surface area (Å²) in [5.41, 5.74) is 3.43. The summed E-state index contributed by atoms with van der Waals surface area (Å²) in [5, 5.41) is 0. The number of benzene rings is 2. The number of hydrogen-bond acceptors (Lipinski definition) is 2. The Morgan fingerprint density at radius 1 is 1.11 bits per heavy atom. The molecule has 90 valence electrons. The van der Waals surface area contributed by atoms with Crippen LogP contribution in [0.15, 0.2) is 52.3 Å². The summed E-state index contributed by atoms with van der Waals surface area (Å²) in [6.45, 7) is 1.92. The van der Waals surface area contributed by atoms with Crippen molar-refractivity contribution in [2.45, 2.75) is 29.6 Å². The van der Waals surface area contributed by atoms with E-state index >= 15 is 0 Å². The highest BCUT2D eigenvalue weighted by Crippen LogP contribution is 2.40. The van der Waals surface area contributed by atoms with Crippen LogP contribution in [-0.4, -0.2) is 5.78 Å². The van der Waals surface area contributed by atoms with Gasteiger partial charge in [0, 0.05) is 28.2 Å². The second-order valence-corrected chi connectivity index (χ2v) is 5.53. The van der Waals surface area contributed by atoms with E-state index < -0.39 is 0 Å². The standard InChI is InChI=1S/C16H14OS/c1-2-14(17)12-7-5-9-16-13(12)10-11-6-3-4-8-15(11)18-16/h3-9H,2,10H2,1H3. The molecule has 0 bridgehead atoms. The van der Waals surface area contributed by atoms with Crippen molar-refractivity contribution in [2.24, 2.45) is 0 Å². The average molecular weight is 254 g/mol. The van der Waals surface area contributed by atoms with Crippen LogP contribution < -0.4 is 0 Å². The molecule has 0 atom stereocenters. The monoisotopic (exact) mass is 254 g/mol. The Kier molecular flexibility index (Phi) is 2.96. The Labute approximate surface area is 111 Å². The SMILES string of the molecule is CCC(=O)c1cccc2c1Cc1ccccc1S2. The highest BCUT2D eigenvalue weighted by Gasteiger charge is 2.20. The Hall–Kier alpha value is -1.54. The van der Waals surface area contributed by atoms with E-state index in [0.717, 1.165) is 12.0 Å². The fourth-order valence-corrected chi connectivity index (χ4v) is 3.46. The summed E-state index contributed by atoms with van der Waals surface area (Å²) in [6, 6.07) is 14.5. The van der Waals surface area contributed by atoms with E-state index in [4.69, 9.17) is 0 Å². The first-order chi connectivity index (χ1) is 8.79. The fraction of sp³-hybridized carbons (Fsp3) is 0.188. The van der Waals surface area contributed by atoms with Crippen LogP contribution in [0.1, 0.15) is 34.8 Å². The molecule has 2 aromatic rings. The molecule has 1 aliphatic rings. The zero-order valence-corrected chi connectivity index (χ0v) is 11.1. The van der Waals surface area contributed by atoms with Gasteiger partial charge in [0.05, 0.1) is 0 Å². The van der Waals surface area contributed by atoms with Crippen molar-refractivity contribution < 1.29 is 4.79 Å². The average Bonchev–Trinajstić information content (AvgIpc) is 2.43. The molecule has 0 saturated heterocycles. The minimum Gasteiger partial charge on any atom is -0.294 e. The van der Waals surface area contributed by atoms with Crippen molar-refractivity contribution in [2.75, 3.05) is 0 Å². The number of fused-ring (bicyclic) bond motifs is 2. The normalized spacial score (nSPS) is 12.7. The van der Waals surface area contributed by atoms with Gasteiger partial charge in [-0.2, -0.15) is 0 Å². The van der Waals surface area contributed by atoms with E-state index in [2.05, 4.69) is 30.3 Å². The number of ketones is 1. The van der Waals surface area contributed by atoms with Crippen LogP contribution in [-0.2, 0) is 6.42 Å². The van der Waals surface area contributed by atoms with Crippen LogP contribution in [0, 0.1) is 0 Å². The maximum Gasteiger partial charge on any atom is 0.162 e. The number of carbonyl (C=O) groups excluding carboxylic acids is 1. The summed E-state index contributed by atoms with van der Waals surface area (Å²) in [7, 11) is 0. The van der Waals surface area contributed by atoms with Crippen molar-refractivity contribution in [1.82, 2.24) is 0 Å². The lowest BCUT2D eigenvalue weighted by molar-refractivity contribution is 0.0987. The Bertz CT molecular complexity index is 616. The van der Waals surface area contributed by atoms with Gasteiger partial charge < -0.3 is 0 Å². The van der Waals surface area contributed by atoms with Crippen LogP contribution >= 0.6 is 11.8 Å².